The third-order valence-corrected chi connectivity index (χ3v) is 5.64. The monoisotopic (exact) mass is 332 g/mol. The number of amides is 1. The number of aryl methyl sites for hydroxylation is 1. The fourth-order valence-electron chi connectivity index (χ4n) is 3.48. The second-order valence-electron chi connectivity index (χ2n) is 6.58. The number of nitrogens with zero attached hydrogens (tertiary/aromatic N) is 2. The number of hydrogen-bond acceptors (Lipinski definition) is 5. The number of carbonyl (C=O) groups is 1. The molecule has 4 rings (SSSR count). The highest BCUT2D eigenvalue weighted by Gasteiger charge is 2.42. The highest BCUT2D eigenvalue weighted by molar-refractivity contribution is 7.08. The molecule has 0 saturated carbocycles. The first-order chi connectivity index (χ1) is 11.2. The lowest BCUT2D eigenvalue weighted by molar-refractivity contribution is -0.129. The lowest BCUT2D eigenvalue weighted by Crippen LogP contribution is -2.33. The van der Waals surface area contributed by atoms with Crippen molar-refractivity contribution >= 4 is 17.2 Å². The smallest absolute Gasteiger partial charge is 0.228 e. The van der Waals surface area contributed by atoms with E-state index >= 15 is 0 Å². The van der Waals surface area contributed by atoms with Crippen LogP contribution in [-0.2, 0) is 16.0 Å². The van der Waals surface area contributed by atoms with Gasteiger partial charge in [0.25, 0.3) is 0 Å². The maximum atomic E-state index is 12.6. The van der Waals surface area contributed by atoms with E-state index in [2.05, 4.69) is 4.98 Å². The molecule has 0 aliphatic carbocycles. The molecular weight excluding hydrogens is 312 g/mol. The molecule has 0 bridgehead atoms. The molecule has 2 fully saturated rings. The zero-order valence-electron chi connectivity index (χ0n) is 13.2. The molecule has 2 saturated heterocycles. The van der Waals surface area contributed by atoms with Gasteiger partial charge in [-0.1, -0.05) is 0 Å². The number of rotatable bonds is 3. The zero-order valence-corrected chi connectivity index (χ0v) is 14.0. The third-order valence-electron chi connectivity index (χ3n) is 4.96. The predicted octanol–water partition coefficient (Wildman–Crippen LogP) is 2.89. The van der Waals surface area contributed by atoms with Gasteiger partial charge < -0.3 is 14.1 Å². The Balaban J connectivity index is 1.45. The van der Waals surface area contributed by atoms with Crippen molar-refractivity contribution in [3.63, 3.8) is 0 Å². The Morgan fingerprint density at radius 2 is 2.39 bits per heavy atom. The molecule has 2 aliphatic heterocycles. The van der Waals surface area contributed by atoms with E-state index in [4.69, 9.17) is 9.15 Å². The van der Waals surface area contributed by atoms with E-state index in [9.17, 15) is 4.79 Å². The molecule has 122 valence electrons. The first-order valence-electron chi connectivity index (χ1n) is 8.00. The van der Waals surface area contributed by atoms with Crippen molar-refractivity contribution in [1.82, 2.24) is 9.88 Å². The van der Waals surface area contributed by atoms with Crippen molar-refractivity contribution < 1.29 is 13.9 Å². The van der Waals surface area contributed by atoms with Crippen molar-refractivity contribution in [3.8, 4) is 11.5 Å². The Hall–Kier alpha value is -1.66. The Bertz CT molecular complexity index is 702. The quantitative estimate of drug-likeness (QED) is 0.867. The number of thiophene rings is 1. The largest absolute Gasteiger partial charge is 0.441 e. The molecule has 2 aromatic rings. The molecule has 23 heavy (non-hydrogen) atoms. The number of aromatic nitrogens is 1. The Morgan fingerprint density at radius 3 is 3.13 bits per heavy atom. The van der Waals surface area contributed by atoms with Crippen LogP contribution in [0.5, 0.6) is 0 Å². The summed E-state index contributed by atoms with van der Waals surface area (Å²) in [5.41, 5.74) is 1.93. The van der Waals surface area contributed by atoms with Crippen LogP contribution in [0.25, 0.3) is 11.5 Å². The minimum absolute atomic E-state index is 0.141. The molecule has 5 nitrogen and oxygen atoms in total. The minimum atomic E-state index is 0.141. The molecule has 0 aromatic carbocycles. The topological polar surface area (TPSA) is 55.6 Å². The molecule has 0 radical (unpaired) electrons. The van der Waals surface area contributed by atoms with Crippen LogP contribution < -0.4 is 0 Å². The van der Waals surface area contributed by atoms with E-state index in [1.807, 2.05) is 28.7 Å². The number of oxazole rings is 1. The first-order valence-corrected chi connectivity index (χ1v) is 8.94. The van der Waals surface area contributed by atoms with Gasteiger partial charge in [0.05, 0.1) is 18.7 Å². The van der Waals surface area contributed by atoms with Gasteiger partial charge in [-0.15, -0.1) is 0 Å². The molecular formula is C17H20N2O3S. The van der Waals surface area contributed by atoms with Gasteiger partial charge >= 0.3 is 0 Å². The van der Waals surface area contributed by atoms with Gasteiger partial charge in [0.15, 0.2) is 0 Å². The fraction of sp³-hybridized carbons (Fsp3) is 0.529. The average Bonchev–Trinajstić information content (AvgIpc) is 3.31. The van der Waals surface area contributed by atoms with Crippen LogP contribution in [0.3, 0.4) is 0 Å². The van der Waals surface area contributed by atoms with Crippen molar-refractivity contribution in [2.75, 3.05) is 26.3 Å². The van der Waals surface area contributed by atoms with E-state index in [1.165, 1.54) is 0 Å². The molecule has 0 N–H and O–H groups in total. The molecule has 1 amide bonds. The summed E-state index contributed by atoms with van der Waals surface area (Å²) >= 11 is 1.61. The lowest BCUT2D eigenvalue weighted by atomic mass is 9.87. The van der Waals surface area contributed by atoms with E-state index in [0.717, 1.165) is 56.2 Å². The standard InChI is InChI=1S/C17H20N2O3S/c1-12-14(18-16(22-12)13-2-7-23-9-13)8-15(20)19-5-3-17(10-19)4-6-21-11-17/h2,7,9H,3-6,8,10-11H2,1H3. The van der Waals surface area contributed by atoms with E-state index < -0.39 is 0 Å². The Labute approximate surface area is 139 Å². The maximum absolute atomic E-state index is 12.6. The van der Waals surface area contributed by atoms with Crippen molar-refractivity contribution in [2.24, 2.45) is 5.41 Å². The number of hydrogen-bond donors (Lipinski definition) is 0. The molecule has 1 spiro atoms. The van der Waals surface area contributed by atoms with Crippen LogP contribution in [0, 0.1) is 12.3 Å². The predicted molar refractivity (Wildman–Crippen MR) is 87.3 cm³/mol. The van der Waals surface area contributed by atoms with Gasteiger partial charge in [-0.05, 0) is 31.2 Å². The second-order valence-corrected chi connectivity index (χ2v) is 7.36. The molecule has 2 aliphatic rings. The van der Waals surface area contributed by atoms with Crippen LogP contribution in [0.2, 0.25) is 0 Å². The summed E-state index contributed by atoms with van der Waals surface area (Å²) in [5.74, 6) is 1.48. The summed E-state index contributed by atoms with van der Waals surface area (Å²) in [6, 6.07) is 1.98. The minimum Gasteiger partial charge on any atom is -0.441 e. The summed E-state index contributed by atoms with van der Waals surface area (Å²) in [6.07, 6.45) is 2.44. The summed E-state index contributed by atoms with van der Waals surface area (Å²) in [7, 11) is 0. The van der Waals surface area contributed by atoms with Crippen LogP contribution in [0.15, 0.2) is 21.2 Å². The van der Waals surface area contributed by atoms with Gasteiger partial charge in [0, 0.05) is 36.1 Å². The van der Waals surface area contributed by atoms with Gasteiger partial charge in [-0.2, -0.15) is 11.3 Å². The van der Waals surface area contributed by atoms with Crippen LogP contribution in [0.4, 0.5) is 0 Å². The number of likely N-dealkylation sites (tertiary alicyclic amines) is 1. The molecule has 6 heteroatoms. The van der Waals surface area contributed by atoms with Gasteiger partial charge in [0.1, 0.15) is 5.76 Å². The number of ether oxygens (including phenoxy) is 1. The van der Waals surface area contributed by atoms with Crippen LogP contribution >= 0.6 is 11.3 Å². The van der Waals surface area contributed by atoms with E-state index in [-0.39, 0.29) is 11.3 Å². The first kappa shape index (κ1) is 14.9. The molecule has 1 atom stereocenters. The summed E-state index contributed by atoms with van der Waals surface area (Å²) in [5, 5.41) is 3.99. The average molecular weight is 332 g/mol. The van der Waals surface area contributed by atoms with Crippen molar-refractivity contribution in [2.45, 2.75) is 26.2 Å². The Kier molecular flexibility index (Phi) is 3.73. The third kappa shape index (κ3) is 2.81. The lowest BCUT2D eigenvalue weighted by Gasteiger charge is -2.21. The second kappa shape index (κ2) is 5.76. The molecule has 4 heterocycles. The van der Waals surface area contributed by atoms with Gasteiger partial charge in [-0.25, -0.2) is 4.98 Å². The summed E-state index contributed by atoms with van der Waals surface area (Å²) in [6.45, 7) is 5.15. The van der Waals surface area contributed by atoms with Gasteiger partial charge in [0.2, 0.25) is 11.8 Å². The van der Waals surface area contributed by atoms with Crippen molar-refractivity contribution in [1.29, 1.82) is 0 Å². The normalized spacial score (nSPS) is 24.0. The number of carbonyl (C=O) groups excluding carboxylic acids is 1. The maximum Gasteiger partial charge on any atom is 0.228 e. The highest BCUT2D eigenvalue weighted by atomic mass is 32.1. The van der Waals surface area contributed by atoms with E-state index in [0.29, 0.717) is 12.3 Å². The zero-order chi connectivity index (χ0) is 15.9. The van der Waals surface area contributed by atoms with Gasteiger partial charge in [-0.3, -0.25) is 4.79 Å². The highest BCUT2D eigenvalue weighted by Crippen LogP contribution is 2.38. The SMILES string of the molecule is Cc1oc(-c2ccsc2)nc1CC(=O)N1CCC2(CCOC2)C1. The fourth-order valence-corrected chi connectivity index (χ4v) is 4.11. The van der Waals surface area contributed by atoms with E-state index in [1.54, 1.807) is 11.3 Å². The van der Waals surface area contributed by atoms with Crippen LogP contribution in [-0.4, -0.2) is 42.1 Å². The van der Waals surface area contributed by atoms with Crippen LogP contribution in [0.1, 0.15) is 24.3 Å². The summed E-state index contributed by atoms with van der Waals surface area (Å²) < 4.78 is 11.2. The summed E-state index contributed by atoms with van der Waals surface area (Å²) in [4.78, 5) is 19.1. The Morgan fingerprint density at radius 1 is 1.48 bits per heavy atom. The molecule has 1 unspecified atom stereocenters. The molecule has 2 aromatic heterocycles. The van der Waals surface area contributed by atoms with Crippen molar-refractivity contribution in [3.05, 3.63) is 28.3 Å².